The zero-order valence-electron chi connectivity index (χ0n) is 11.1. The molecule has 0 bridgehead atoms. The van der Waals surface area contributed by atoms with E-state index in [2.05, 4.69) is 15.9 Å². The van der Waals surface area contributed by atoms with Crippen LogP contribution in [0.3, 0.4) is 0 Å². The van der Waals surface area contributed by atoms with Crippen LogP contribution >= 0.6 is 50.7 Å². The van der Waals surface area contributed by atoms with Crippen molar-refractivity contribution < 1.29 is 5.11 Å². The van der Waals surface area contributed by atoms with Crippen LogP contribution in [0.1, 0.15) is 18.1 Å². The molecule has 0 saturated heterocycles. The van der Waals surface area contributed by atoms with Crippen LogP contribution in [-0.2, 0) is 0 Å². The van der Waals surface area contributed by atoms with Crippen molar-refractivity contribution in [2.75, 3.05) is 0 Å². The number of benzene rings is 2. The van der Waals surface area contributed by atoms with Crippen LogP contribution in [0.25, 0.3) is 10.6 Å². The Kier molecular flexibility index (Phi) is 5.75. The molecule has 0 radical (unpaired) electrons. The molecule has 1 atom stereocenters. The summed E-state index contributed by atoms with van der Waals surface area (Å²) in [6.07, 6.45) is -0.731. The van der Waals surface area contributed by atoms with Gasteiger partial charge in [0.1, 0.15) is 0 Å². The molecule has 0 fully saturated rings. The van der Waals surface area contributed by atoms with Gasteiger partial charge in [0.2, 0.25) is 0 Å². The molecule has 0 spiro atoms. The first-order valence-corrected chi connectivity index (χ1v) is 8.12. The van der Waals surface area contributed by atoms with E-state index in [1.54, 1.807) is 25.1 Å². The van der Waals surface area contributed by atoms with Crippen LogP contribution in [0.2, 0.25) is 10.0 Å². The van der Waals surface area contributed by atoms with Gasteiger partial charge in [0.25, 0.3) is 0 Å². The maximum absolute atomic E-state index is 10.1. The van der Waals surface area contributed by atoms with Crippen molar-refractivity contribution in [3.8, 4) is 0 Å². The number of hydrogen-bond donors (Lipinski definition) is 1. The van der Waals surface area contributed by atoms with Gasteiger partial charge in [-0.3, -0.25) is 0 Å². The Bertz CT molecular complexity index is 678. The van der Waals surface area contributed by atoms with Gasteiger partial charge in [0.05, 0.1) is 16.2 Å². The molecule has 21 heavy (non-hydrogen) atoms. The lowest BCUT2D eigenvalue weighted by Gasteiger charge is -2.15. The van der Waals surface area contributed by atoms with Gasteiger partial charge in [-0.2, -0.15) is 0 Å². The van der Waals surface area contributed by atoms with E-state index in [1.165, 1.54) is 0 Å². The number of aliphatic hydroxyl groups excluding tert-OH is 1. The molecule has 0 aromatic heterocycles. The van der Waals surface area contributed by atoms with Crippen molar-refractivity contribution in [1.82, 2.24) is 0 Å². The van der Waals surface area contributed by atoms with E-state index in [9.17, 15) is 5.11 Å². The summed E-state index contributed by atoms with van der Waals surface area (Å²) in [6.45, 7) is 1.67. The van der Waals surface area contributed by atoms with Crippen molar-refractivity contribution in [1.29, 1.82) is 0 Å². The smallest absolute Gasteiger partial charge is 0.0782 e. The van der Waals surface area contributed by atoms with Crippen LogP contribution in [0.15, 0.2) is 46.9 Å². The number of hydrogen-bond acceptors (Lipinski definition) is 1. The van der Waals surface area contributed by atoms with Crippen molar-refractivity contribution in [3.05, 3.63) is 68.1 Å². The second-order valence-electron chi connectivity index (χ2n) is 4.53. The highest BCUT2D eigenvalue weighted by Crippen LogP contribution is 2.36. The highest BCUT2D eigenvalue weighted by Gasteiger charge is 2.17. The summed E-state index contributed by atoms with van der Waals surface area (Å²) in [5.41, 5.74) is 2.10. The van der Waals surface area contributed by atoms with E-state index in [4.69, 9.17) is 34.8 Å². The molecule has 1 unspecified atom stereocenters. The van der Waals surface area contributed by atoms with E-state index < -0.39 is 6.10 Å². The summed E-state index contributed by atoms with van der Waals surface area (Å²) in [5.74, 6) is 0. The standard InChI is InChI=1S/C16H12BrCl3O/c1-9(21)15(10-2-4-11(17)5-3-10)16(20)13-7-6-12(18)8-14(13)19/h2-9,21H,1H3/b16-15+. The van der Waals surface area contributed by atoms with Gasteiger partial charge in [-0.15, -0.1) is 0 Å². The highest BCUT2D eigenvalue weighted by atomic mass is 79.9. The maximum Gasteiger partial charge on any atom is 0.0782 e. The lowest BCUT2D eigenvalue weighted by Crippen LogP contribution is -2.05. The topological polar surface area (TPSA) is 20.2 Å². The minimum absolute atomic E-state index is 0.411. The van der Waals surface area contributed by atoms with E-state index in [1.807, 2.05) is 24.3 Å². The fourth-order valence-corrected chi connectivity index (χ4v) is 3.24. The molecule has 2 aromatic rings. The number of aliphatic hydroxyl groups is 1. The Morgan fingerprint density at radius 2 is 1.71 bits per heavy atom. The molecule has 0 aliphatic carbocycles. The fraction of sp³-hybridized carbons (Fsp3) is 0.125. The van der Waals surface area contributed by atoms with Crippen LogP contribution in [-0.4, -0.2) is 11.2 Å². The molecule has 0 amide bonds. The van der Waals surface area contributed by atoms with Gasteiger partial charge >= 0.3 is 0 Å². The van der Waals surface area contributed by atoms with Crippen LogP contribution in [0.4, 0.5) is 0 Å². The average Bonchev–Trinajstić information content (AvgIpc) is 2.40. The van der Waals surface area contributed by atoms with Crippen LogP contribution in [0.5, 0.6) is 0 Å². The second kappa shape index (κ2) is 7.17. The van der Waals surface area contributed by atoms with E-state index in [-0.39, 0.29) is 0 Å². The van der Waals surface area contributed by atoms with Crippen LogP contribution < -0.4 is 0 Å². The molecular weight excluding hydrogens is 394 g/mol. The second-order valence-corrected chi connectivity index (χ2v) is 6.67. The highest BCUT2D eigenvalue weighted by molar-refractivity contribution is 9.10. The third-order valence-electron chi connectivity index (χ3n) is 2.98. The van der Waals surface area contributed by atoms with E-state index in [0.717, 1.165) is 10.0 Å². The van der Waals surface area contributed by atoms with Gasteiger partial charge in [0, 0.05) is 20.6 Å². The Balaban J connectivity index is 2.61. The Hall–Kier alpha value is -0.510. The monoisotopic (exact) mass is 404 g/mol. The lowest BCUT2D eigenvalue weighted by molar-refractivity contribution is 0.254. The maximum atomic E-state index is 10.1. The predicted octanol–water partition coefficient (Wildman–Crippen LogP) is 6.24. The first-order chi connectivity index (χ1) is 9.90. The zero-order chi connectivity index (χ0) is 15.6. The van der Waals surface area contributed by atoms with Crippen molar-refractivity contribution >= 4 is 61.3 Å². The van der Waals surface area contributed by atoms with Crippen molar-refractivity contribution in [2.24, 2.45) is 0 Å². The fourth-order valence-electron chi connectivity index (χ4n) is 1.99. The minimum atomic E-state index is -0.731. The summed E-state index contributed by atoms with van der Waals surface area (Å²) in [4.78, 5) is 0. The largest absolute Gasteiger partial charge is 0.389 e. The summed E-state index contributed by atoms with van der Waals surface area (Å²) in [6, 6.07) is 12.6. The Morgan fingerprint density at radius 1 is 1.10 bits per heavy atom. The molecule has 0 saturated carbocycles. The van der Waals surface area contributed by atoms with Gasteiger partial charge in [-0.1, -0.05) is 68.9 Å². The molecule has 1 nitrogen and oxygen atoms in total. The van der Waals surface area contributed by atoms with Gasteiger partial charge < -0.3 is 5.11 Å². The van der Waals surface area contributed by atoms with Crippen LogP contribution in [0, 0.1) is 0 Å². The summed E-state index contributed by atoms with van der Waals surface area (Å²) < 4.78 is 0.955. The minimum Gasteiger partial charge on any atom is -0.389 e. The predicted molar refractivity (Wildman–Crippen MR) is 95.0 cm³/mol. The van der Waals surface area contributed by atoms with Crippen molar-refractivity contribution in [3.63, 3.8) is 0 Å². The van der Waals surface area contributed by atoms with E-state index in [0.29, 0.717) is 26.2 Å². The SMILES string of the molecule is CC(O)/C(=C(\Cl)c1ccc(Cl)cc1Cl)c1ccc(Br)cc1. The molecule has 2 rings (SSSR count). The molecule has 0 aliphatic rings. The first-order valence-electron chi connectivity index (χ1n) is 6.19. The van der Waals surface area contributed by atoms with Gasteiger partial charge in [0.15, 0.2) is 0 Å². The first kappa shape index (κ1) is 16.9. The molecular formula is C16H12BrCl3O. The lowest BCUT2D eigenvalue weighted by atomic mass is 9.98. The number of halogens is 4. The molecule has 5 heteroatoms. The Morgan fingerprint density at radius 3 is 2.24 bits per heavy atom. The molecule has 0 heterocycles. The van der Waals surface area contributed by atoms with Gasteiger partial charge in [-0.05, 0) is 36.8 Å². The summed E-state index contributed by atoms with van der Waals surface area (Å²) in [5, 5.41) is 11.5. The average molecular weight is 407 g/mol. The quantitative estimate of drug-likeness (QED) is 0.598. The molecule has 110 valence electrons. The molecule has 1 N–H and O–H groups in total. The zero-order valence-corrected chi connectivity index (χ0v) is 14.9. The van der Waals surface area contributed by atoms with Crippen molar-refractivity contribution in [2.45, 2.75) is 13.0 Å². The van der Waals surface area contributed by atoms with E-state index >= 15 is 0 Å². The summed E-state index contributed by atoms with van der Waals surface area (Å²) >= 11 is 22.0. The third kappa shape index (κ3) is 4.02. The van der Waals surface area contributed by atoms with Gasteiger partial charge in [-0.25, -0.2) is 0 Å². The normalized spacial score (nSPS) is 13.8. The molecule has 2 aromatic carbocycles. The number of rotatable bonds is 3. The Labute approximate surface area is 147 Å². The third-order valence-corrected chi connectivity index (χ3v) is 4.46. The summed E-state index contributed by atoms with van der Waals surface area (Å²) in [7, 11) is 0. The molecule has 0 aliphatic heterocycles.